The normalized spacial score (nSPS) is 14.0. The van der Waals surface area contributed by atoms with Crippen molar-refractivity contribution in [1.82, 2.24) is 20.1 Å². The largest absolute Gasteiger partial charge is 0.313 e. The minimum Gasteiger partial charge on any atom is -0.313 e. The molecule has 0 fully saturated rings. The van der Waals surface area contributed by atoms with E-state index in [1.165, 1.54) is 46.8 Å². The van der Waals surface area contributed by atoms with Gasteiger partial charge in [0.2, 0.25) is 15.9 Å². The van der Waals surface area contributed by atoms with Crippen LogP contribution in [0, 0.1) is 11.8 Å². The molecule has 0 aliphatic carbocycles. The van der Waals surface area contributed by atoms with Crippen molar-refractivity contribution in [2.75, 3.05) is 32.0 Å². The van der Waals surface area contributed by atoms with Crippen LogP contribution in [0.4, 0.5) is 5.00 Å². The van der Waals surface area contributed by atoms with E-state index in [9.17, 15) is 22.8 Å². The molecule has 2 aromatic rings. The first-order chi connectivity index (χ1) is 17.8. The van der Waals surface area contributed by atoms with E-state index in [4.69, 9.17) is 0 Å². The standard InChI is InChI=1S/C26H37N5O5S2/c1-16(2)13-31(14-17(3)4)38(35,36)20-9-7-19(8-10-20)24(33)27-26-23(25(34)29-28-18(5)32)21-11-12-30(6)15-22(21)37-26/h7-10,16-17H,11-15H2,1-6H3,(H,27,33)(H,28,32)(H,29,34). The van der Waals surface area contributed by atoms with E-state index in [0.717, 1.165) is 17.0 Å². The molecule has 0 saturated heterocycles. The third-order valence-corrected chi connectivity index (χ3v) is 8.92. The minimum atomic E-state index is -3.72. The summed E-state index contributed by atoms with van der Waals surface area (Å²) in [7, 11) is -1.74. The highest BCUT2D eigenvalue weighted by atomic mass is 32.2. The molecular weight excluding hydrogens is 526 g/mol. The number of fused-ring (bicyclic) bond motifs is 1. The van der Waals surface area contributed by atoms with Crippen molar-refractivity contribution in [3.63, 3.8) is 0 Å². The Kier molecular flexibility index (Phi) is 9.69. The molecule has 0 radical (unpaired) electrons. The van der Waals surface area contributed by atoms with Gasteiger partial charge in [0.05, 0.1) is 10.5 Å². The average molecular weight is 564 g/mol. The number of hydrogen-bond acceptors (Lipinski definition) is 7. The van der Waals surface area contributed by atoms with E-state index in [-0.39, 0.29) is 22.3 Å². The first-order valence-electron chi connectivity index (χ1n) is 12.6. The van der Waals surface area contributed by atoms with Crippen molar-refractivity contribution in [3.05, 3.63) is 45.8 Å². The van der Waals surface area contributed by atoms with Crippen molar-refractivity contribution in [3.8, 4) is 0 Å². The highest BCUT2D eigenvalue weighted by Crippen LogP contribution is 2.37. The van der Waals surface area contributed by atoms with E-state index in [2.05, 4.69) is 21.1 Å². The van der Waals surface area contributed by atoms with Crippen LogP contribution >= 0.6 is 11.3 Å². The van der Waals surface area contributed by atoms with E-state index >= 15 is 0 Å². The van der Waals surface area contributed by atoms with Gasteiger partial charge >= 0.3 is 0 Å². The molecule has 208 valence electrons. The third kappa shape index (κ3) is 7.19. The number of thiophene rings is 1. The van der Waals surface area contributed by atoms with E-state index < -0.39 is 27.7 Å². The molecule has 38 heavy (non-hydrogen) atoms. The fourth-order valence-corrected chi connectivity index (χ4v) is 7.34. The van der Waals surface area contributed by atoms with Gasteiger partial charge in [0.25, 0.3) is 11.8 Å². The second kappa shape index (κ2) is 12.4. The molecule has 0 atom stereocenters. The zero-order valence-electron chi connectivity index (χ0n) is 22.8. The molecule has 1 aliphatic heterocycles. The summed E-state index contributed by atoms with van der Waals surface area (Å²) in [5, 5.41) is 3.21. The lowest BCUT2D eigenvalue weighted by Gasteiger charge is -2.25. The Hall–Kier alpha value is -2.80. The monoisotopic (exact) mass is 563 g/mol. The maximum Gasteiger partial charge on any atom is 0.272 e. The second-order valence-electron chi connectivity index (χ2n) is 10.4. The summed E-state index contributed by atoms with van der Waals surface area (Å²) in [6.45, 7) is 11.4. The minimum absolute atomic E-state index is 0.125. The molecule has 3 N–H and O–H groups in total. The van der Waals surface area contributed by atoms with E-state index in [0.29, 0.717) is 36.6 Å². The SMILES string of the molecule is CC(=O)NNC(=O)c1c(NC(=O)c2ccc(S(=O)(=O)N(CC(C)C)CC(C)C)cc2)sc2c1CCN(C)C2. The fraction of sp³-hybridized carbons (Fsp3) is 0.500. The van der Waals surface area contributed by atoms with Gasteiger partial charge in [-0.15, -0.1) is 11.3 Å². The summed E-state index contributed by atoms with van der Waals surface area (Å²) in [6.07, 6.45) is 0.636. The van der Waals surface area contributed by atoms with Crippen LogP contribution in [0.15, 0.2) is 29.2 Å². The lowest BCUT2D eigenvalue weighted by Crippen LogP contribution is -2.41. The van der Waals surface area contributed by atoms with Gasteiger partial charge < -0.3 is 10.2 Å². The molecule has 0 spiro atoms. The van der Waals surface area contributed by atoms with Gasteiger partial charge in [-0.1, -0.05) is 27.7 Å². The topological polar surface area (TPSA) is 128 Å². The van der Waals surface area contributed by atoms with Crippen LogP contribution in [0.3, 0.4) is 0 Å². The van der Waals surface area contributed by atoms with Gasteiger partial charge in [-0.3, -0.25) is 25.2 Å². The summed E-state index contributed by atoms with van der Waals surface area (Å²) in [6, 6.07) is 5.83. The number of carbonyl (C=O) groups excluding carboxylic acids is 3. The van der Waals surface area contributed by atoms with Crippen LogP contribution in [-0.2, 0) is 27.8 Å². The van der Waals surface area contributed by atoms with Gasteiger partial charge in [-0.05, 0) is 55.1 Å². The van der Waals surface area contributed by atoms with Gasteiger partial charge in [0.1, 0.15) is 5.00 Å². The lowest BCUT2D eigenvalue weighted by atomic mass is 10.0. The number of nitrogens with one attached hydrogen (secondary N) is 3. The van der Waals surface area contributed by atoms with Crippen LogP contribution in [-0.4, -0.2) is 62.0 Å². The molecule has 1 aromatic heterocycles. The molecular formula is C26H37N5O5S2. The summed E-state index contributed by atoms with van der Waals surface area (Å²) >= 11 is 1.32. The first-order valence-corrected chi connectivity index (χ1v) is 14.9. The van der Waals surface area contributed by atoms with Crippen LogP contribution in [0.5, 0.6) is 0 Å². The van der Waals surface area contributed by atoms with Crippen LogP contribution in [0.1, 0.15) is 65.8 Å². The first kappa shape index (κ1) is 29.8. The summed E-state index contributed by atoms with van der Waals surface area (Å²) in [5.41, 5.74) is 6.13. The molecule has 1 aliphatic rings. The summed E-state index contributed by atoms with van der Waals surface area (Å²) < 4.78 is 28.1. The van der Waals surface area contributed by atoms with Crippen LogP contribution < -0.4 is 16.2 Å². The molecule has 0 bridgehead atoms. The molecule has 3 amide bonds. The quantitative estimate of drug-likeness (QED) is 0.403. The lowest BCUT2D eigenvalue weighted by molar-refractivity contribution is -0.119. The van der Waals surface area contributed by atoms with Gasteiger partial charge in [-0.2, -0.15) is 4.31 Å². The Balaban J connectivity index is 1.85. The molecule has 10 nitrogen and oxygen atoms in total. The summed E-state index contributed by atoms with van der Waals surface area (Å²) in [4.78, 5) is 40.6. The molecule has 12 heteroatoms. The molecule has 2 heterocycles. The number of likely N-dealkylation sites (N-methyl/N-ethyl adjacent to an activating group) is 1. The predicted octanol–water partition coefficient (Wildman–Crippen LogP) is 3.07. The Morgan fingerprint density at radius 2 is 1.61 bits per heavy atom. The number of amides is 3. The van der Waals surface area contributed by atoms with Gasteiger partial charge in [-0.25, -0.2) is 8.42 Å². The van der Waals surface area contributed by atoms with Crippen molar-refractivity contribution in [1.29, 1.82) is 0 Å². The number of hydrazine groups is 1. The van der Waals surface area contributed by atoms with Crippen molar-refractivity contribution >= 4 is 44.1 Å². The Labute approximate surface area is 228 Å². The zero-order valence-corrected chi connectivity index (χ0v) is 24.4. The predicted molar refractivity (Wildman–Crippen MR) is 148 cm³/mol. The average Bonchev–Trinajstić information content (AvgIpc) is 3.18. The molecule has 0 unspecified atom stereocenters. The van der Waals surface area contributed by atoms with E-state index in [1.807, 2.05) is 34.7 Å². The number of rotatable bonds is 9. The smallest absolute Gasteiger partial charge is 0.272 e. The van der Waals surface area contributed by atoms with Crippen LogP contribution in [0.2, 0.25) is 0 Å². The number of hydrogen-bond donors (Lipinski definition) is 3. The maximum atomic E-state index is 13.3. The van der Waals surface area contributed by atoms with Crippen molar-refractivity contribution in [2.45, 2.75) is 52.5 Å². The molecule has 1 aromatic carbocycles. The number of anilines is 1. The second-order valence-corrected chi connectivity index (χ2v) is 13.5. The number of carbonyl (C=O) groups is 3. The molecule has 0 saturated carbocycles. The molecule has 3 rings (SSSR count). The Morgan fingerprint density at radius 3 is 2.16 bits per heavy atom. The Bertz CT molecular complexity index is 1280. The summed E-state index contributed by atoms with van der Waals surface area (Å²) in [5.74, 6) is -1.04. The number of benzene rings is 1. The van der Waals surface area contributed by atoms with E-state index in [1.54, 1.807) is 0 Å². The maximum absolute atomic E-state index is 13.3. The number of sulfonamides is 1. The van der Waals surface area contributed by atoms with Crippen molar-refractivity contribution in [2.24, 2.45) is 11.8 Å². The zero-order chi connectivity index (χ0) is 28.2. The van der Waals surface area contributed by atoms with Gasteiger partial charge in [0, 0.05) is 43.5 Å². The van der Waals surface area contributed by atoms with Crippen molar-refractivity contribution < 1.29 is 22.8 Å². The Morgan fingerprint density at radius 1 is 1.00 bits per heavy atom. The third-order valence-electron chi connectivity index (χ3n) is 5.95. The van der Waals surface area contributed by atoms with Gasteiger partial charge in [0.15, 0.2) is 0 Å². The number of nitrogens with zero attached hydrogens (tertiary/aromatic N) is 2. The highest BCUT2D eigenvalue weighted by molar-refractivity contribution is 7.89. The fourth-order valence-electron chi connectivity index (χ4n) is 4.25. The van der Waals surface area contributed by atoms with Crippen LogP contribution in [0.25, 0.3) is 0 Å². The highest BCUT2D eigenvalue weighted by Gasteiger charge is 2.29.